The molecule has 1 aromatic rings. The lowest BCUT2D eigenvalue weighted by Crippen LogP contribution is -2.34. The summed E-state index contributed by atoms with van der Waals surface area (Å²) in [5.41, 5.74) is 3.21. The molecule has 1 aliphatic rings. The van der Waals surface area contributed by atoms with Gasteiger partial charge >= 0.3 is 6.09 Å². The van der Waals surface area contributed by atoms with Gasteiger partial charge in [-0.2, -0.15) is 0 Å². The summed E-state index contributed by atoms with van der Waals surface area (Å²) in [7, 11) is -1.20. The zero-order valence-corrected chi connectivity index (χ0v) is 18.9. The molecule has 0 spiro atoms. The van der Waals surface area contributed by atoms with Crippen LogP contribution in [0.2, 0.25) is 19.6 Å². The first kappa shape index (κ1) is 21.0. The molecule has 0 aromatic heterocycles. The molecule has 26 heavy (non-hydrogen) atoms. The minimum atomic E-state index is -1.20. The van der Waals surface area contributed by atoms with Gasteiger partial charge in [-0.15, -0.1) is 11.8 Å². The molecule has 1 atom stereocenters. The van der Waals surface area contributed by atoms with Crippen LogP contribution in [0.4, 0.5) is 4.79 Å². The van der Waals surface area contributed by atoms with Crippen molar-refractivity contribution < 1.29 is 9.53 Å². The first-order valence-corrected chi connectivity index (χ1v) is 14.1. The number of nitrogens with one attached hydrogen (secondary N) is 1. The van der Waals surface area contributed by atoms with Crippen molar-refractivity contribution in [1.29, 1.82) is 0 Å². The summed E-state index contributed by atoms with van der Waals surface area (Å²) in [6.07, 6.45) is 4.57. The number of rotatable bonds is 4. The summed E-state index contributed by atoms with van der Waals surface area (Å²) in [6.45, 7) is 12.7. The fourth-order valence-electron chi connectivity index (χ4n) is 2.93. The van der Waals surface area contributed by atoms with Crippen molar-refractivity contribution in [3.05, 3.63) is 34.9 Å². The van der Waals surface area contributed by atoms with Gasteiger partial charge in [-0.05, 0) is 57.1 Å². The van der Waals surface area contributed by atoms with Crippen LogP contribution in [0.5, 0.6) is 0 Å². The molecule has 1 unspecified atom stereocenters. The molecule has 6 heteroatoms. The molecule has 0 bridgehead atoms. The lowest BCUT2D eigenvalue weighted by Gasteiger charge is -2.22. The van der Waals surface area contributed by atoms with E-state index in [9.17, 15) is 4.79 Å². The highest BCUT2D eigenvalue weighted by atomic mass is 32.2. The van der Waals surface area contributed by atoms with Crippen molar-refractivity contribution in [3.63, 3.8) is 0 Å². The lowest BCUT2D eigenvalue weighted by molar-refractivity contribution is 0.0503. The van der Waals surface area contributed by atoms with Crippen LogP contribution in [0.1, 0.15) is 49.9 Å². The first-order chi connectivity index (χ1) is 12.0. The third-order valence-corrected chi connectivity index (χ3v) is 5.91. The molecule has 0 heterocycles. The highest BCUT2D eigenvalue weighted by Crippen LogP contribution is 2.32. The molecule has 1 N–H and O–H groups in total. The van der Waals surface area contributed by atoms with Gasteiger partial charge in [-0.3, -0.25) is 4.99 Å². The molecule has 1 aliphatic carbocycles. The predicted octanol–water partition coefficient (Wildman–Crippen LogP) is 5.19. The maximum absolute atomic E-state index is 12.1. The Hall–Kier alpha value is -1.27. The second-order valence-corrected chi connectivity index (χ2v) is 15.3. The van der Waals surface area contributed by atoms with Crippen LogP contribution in [0.15, 0.2) is 23.2 Å². The summed E-state index contributed by atoms with van der Waals surface area (Å²) in [6, 6.07) is 6.55. The zero-order chi connectivity index (χ0) is 19.5. The average Bonchev–Trinajstić information content (AvgIpc) is 2.87. The monoisotopic (exact) mass is 392 g/mol. The molecule has 0 saturated heterocycles. The molecule has 0 fully saturated rings. The van der Waals surface area contributed by atoms with Gasteiger partial charge in [0.05, 0.1) is 19.2 Å². The first-order valence-electron chi connectivity index (χ1n) is 9.20. The average molecular weight is 393 g/mol. The van der Waals surface area contributed by atoms with Crippen LogP contribution >= 0.6 is 11.8 Å². The van der Waals surface area contributed by atoms with E-state index >= 15 is 0 Å². The zero-order valence-electron chi connectivity index (χ0n) is 17.1. The van der Waals surface area contributed by atoms with Gasteiger partial charge in [0.25, 0.3) is 0 Å². The van der Waals surface area contributed by atoms with E-state index in [4.69, 9.17) is 9.73 Å². The number of thioether (sulfide) groups is 1. The number of alkyl carbamates (subject to hydrolysis) is 1. The minimum absolute atomic E-state index is 0.0329. The Morgan fingerprint density at radius 1 is 1.35 bits per heavy atom. The van der Waals surface area contributed by atoms with E-state index in [0.29, 0.717) is 0 Å². The SMILES string of the molecule is CSC(=NC[Si](C)(C)C)c1ccc2c(c1)CCC2NC(=O)OC(C)(C)C. The number of hydrogen-bond donors (Lipinski definition) is 1. The van der Waals surface area contributed by atoms with Gasteiger partial charge in [0.15, 0.2) is 0 Å². The van der Waals surface area contributed by atoms with Crippen molar-refractivity contribution in [3.8, 4) is 0 Å². The standard InChI is InChI=1S/C20H32N2O2SSi/c1-20(2,3)24-19(23)22-17-11-9-14-12-15(8-10-16(14)17)18(25-4)21-13-26(5,6)7/h8,10,12,17H,9,11,13H2,1-7H3,(H,22,23). The number of aliphatic imine (C=N–C) groups is 1. The molecule has 144 valence electrons. The summed E-state index contributed by atoms with van der Waals surface area (Å²) in [4.78, 5) is 16.9. The van der Waals surface area contributed by atoms with E-state index in [0.717, 1.165) is 24.1 Å². The van der Waals surface area contributed by atoms with Crippen molar-refractivity contribution in [2.24, 2.45) is 4.99 Å². The summed E-state index contributed by atoms with van der Waals surface area (Å²) >= 11 is 1.71. The normalized spacial score (nSPS) is 17.8. The maximum atomic E-state index is 12.1. The fraction of sp³-hybridized carbons (Fsp3) is 0.600. The van der Waals surface area contributed by atoms with Crippen molar-refractivity contribution in [2.45, 2.75) is 64.9 Å². The smallest absolute Gasteiger partial charge is 0.408 e. The topological polar surface area (TPSA) is 50.7 Å². The van der Waals surface area contributed by atoms with Crippen LogP contribution in [-0.2, 0) is 11.2 Å². The fourth-order valence-corrected chi connectivity index (χ4v) is 4.24. The maximum Gasteiger partial charge on any atom is 0.408 e. The van der Waals surface area contributed by atoms with Crippen LogP contribution in [-0.4, -0.2) is 37.2 Å². The van der Waals surface area contributed by atoms with Crippen LogP contribution in [0.25, 0.3) is 0 Å². The van der Waals surface area contributed by atoms with E-state index in [1.165, 1.54) is 16.7 Å². The number of benzene rings is 1. The Labute approximate surface area is 163 Å². The molecule has 0 radical (unpaired) electrons. The summed E-state index contributed by atoms with van der Waals surface area (Å²) in [5.74, 6) is 0. The lowest BCUT2D eigenvalue weighted by atomic mass is 10.1. The largest absolute Gasteiger partial charge is 0.444 e. The van der Waals surface area contributed by atoms with E-state index in [-0.39, 0.29) is 12.1 Å². The Morgan fingerprint density at radius 3 is 2.62 bits per heavy atom. The molecule has 1 amide bonds. The van der Waals surface area contributed by atoms with Gasteiger partial charge in [0.1, 0.15) is 5.60 Å². The molecule has 4 nitrogen and oxygen atoms in total. The quantitative estimate of drug-likeness (QED) is 0.436. The third-order valence-electron chi connectivity index (χ3n) is 4.05. The second kappa shape index (κ2) is 8.17. The van der Waals surface area contributed by atoms with E-state index in [2.05, 4.69) is 49.4 Å². The Bertz CT molecular complexity index is 690. The predicted molar refractivity (Wildman–Crippen MR) is 115 cm³/mol. The van der Waals surface area contributed by atoms with E-state index in [1.54, 1.807) is 11.8 Å². The third kappa shape index (κ3) is 6.16. The molecular weight excluding hydrogens is 360 g/mol. The van der Waals surface area contributed by atoms with Crippen LogP contribution in [0, 0.1) is 0 Å². The number of carbonyl (C=O) groups is 1. The number of amides is 1. The number of hydrogen-bond acceptors (Lipinski definition) is 4. The highest BCUT2D eigenvalue weighted by Gasteiger charge is 2.26. The van der Waals surface area contributed by atoms with Crippen LogP contribution in [0.3, 0.4) is 0 Å². The number of carbonyl (C=O) groups excluding carboxylic acids is 1. The van der Waals surface area contributed by atoms with Crippen molar-refractivity contribution in [1.82, 2.24) is 5.32 Å². The number of nitrogens with zero attached hydrogens (tertiary/aromatic N) is 1. The van der Waals surface area contributed by atoms with Gasteiger partial charge in [-0.25, -0.2) is 4.79 Å². The minimum Gasteiger partial charge on any atom is -0.444 e. The van der Waals surface area contributed by atoms with Crippen molar-refractivity contribution >= 4 is 31.0 Å². The summed E-state index contributed by atoms with van der Waals surface area (Å²) in [5, 5.41) is 4.12. The van der Waals surface area contributed by atoms with Gasteiger partial charge < -0.3 is 10.1 Å². The second-order valence-electron chi connectivity index (χ2n) is 9.04. The van der Waals surface area contributed by atoms with Gasteiger partial charge in [0, 0.05) is 11.7 Å². The molecule has 0 aliphatic heterocycles. The highest BCUT2D eigenvalue weighted by molar-refractivity contribution is 8.13. The Kier molecular flexibility index (Phi) is 6.61. The molecule has 2 rings (SSSR count). The van der Waals surface area contributed by atoms with E-state index < -0.39 is 13.7 Å². The van der Waals surface area contributed by atoms with Crippen molar-refractivity contribution in [2.75, 3.05) is 12.4 Å². The molecular formula is C20H32N2O2SSi. The molecule has 1 aromatic carbocycles. The van der Waals surface area contributed by atoms with Gasteiger partial charge in [-0.1, -0.05) is 31.8 Å². The Morgan fingerprint density at radius 2 is 2.04 bits per heavy atom. The van der Waals surface area contributed by atoms with Gasteiger partial charge in [0.2, 0.25) is 0 Å². The number of fused-ring (bicyclic) bond motifs is 1. The summed E-state index contributed by atoms with van der Waals surface area (Å²) < 4.78 is 5.39. The van der Waals surface area contributed by atoms with E-state index in [1.807, 2.05) is 20.8 Å². The number of ether oxygens (including phenoxy) is 1. The van der Waals surface area contributed by atoms with Crippen LogP contribution < -0.4 is 5.32 Å². The number of aryl methyl sites for hydroxylation is 1. The Balaban J connectivity index is 2.13. The molecule has 0 saturated carbocycles.